The van der Waals surface area contributed by atoms with Crippen molar-refractivity contribution in [2.24, 2.45) is 0 Å². The van der Waals surface area contributed by atoms with Crippen molar-refractivity contribution in [3.8, 4) is 0 Å². The van der Waals surface area contributed by atoms with E-state index in [1.54, 1.807) is 12.1 Å². The number of amides is 1. The zero-order valence-electron chi connectivity index (χ0n) is 12.2. The van der Waals surface area contributed by atoms with E-state index in [1.807, 2.05) is 12.1 Å². The third-order valence-electron chi connectivity index (χ3n) is 4.24. The Hall–Kier alpha value is -1.45. The van der Waals surface area contributed by atoms with Gasteiger partial charge in [0, 0.05) is 24.4 Å². The Kier molecular flexibility index (Phi) is 3.85. The highest BCUT2D eigenvalue weighted by Crippen LogP contribution is 2.37. The molecule has 0 aromatic heterocycles. The highest BCUT2D eigenvalue weighted by Gasteiger charge is 2.45. The molecule has 1 fully saturated rings. The van der Waals surface area contributed by atoms with E-state index in [4.69, 9.17) is 0 Å². The Morgan fingerprint density at radius 3 is 2.30 bits per heavy atom. The minimum Gasteiger partial charge on any atom is -0.349 e. The molecule has 0 heterocycles. The number of carbonyl (C=O) groups is 1. The summed E-state index contributed by atoms with van der Waals surface area (Å²) in [4.78, 5) is 11.9. The van der Waals surface area contributed by atoms with E-state index in [0.29, 0.717) is 5.56 Å². The summed E-state index contributed by atoms with van der Waals surface area (Å²) in [5.74, 6) is -2.88. The predicted molar refractivity (Wildman–Crippen MR) is 75.2 cm³/mol. The number of hydrogen-bond donors (Lipinski definition) is 1. The van der Waals surface area contributed by atoms with Crippen LogP contribution in [-0.2, 0) is 5.41 Å². The molecule has 0 radical (unpaired) electrons. The van der Waals surface area contributed by atoms with Crippen LogP contribution >= 0.6 is 0 Å². The molecule has 1 aromatic rings. The Bertz CT molecular complexity index is 486. The molecule has 0 aliphatic heterocycles. The number of rotatable bonds is 4. The molecule has 2 rings (SSSR count). The smallest absolute Gasteiger partial charge is 0.252 e. The van der Waals surface area contributed by atoms with Crippen LogP contribution in [0.25, 0.3) is 0 Å². The Labute approximate surface area is 118 Å². The van der Waals surface area contributed by atoms with Gasteiger partial charge in [0.25, 0.3) is 11.8 Å². The quantitative estimate of drug-likeness (QED) is 0.891. The summed E-state index contributed by atoms with van der Waals surface area (Å²) in [6, 6.07) is 7.00. The molecule has 1 aliphatic carbocycles. The molecule has 1 aromatic carbocycles. The van der Waals surface area contributed by atoms with Gasteiger partial charge in [-0.1, -0.05) is 32.9 Å². The maximum absolute atomic E-state index is 12.7. The minimum absolute atomic E-state index is 0.0744. The van der Waals surface area contributed by atoms with Gasteiger partial charge < -0.3 is 5.32 Å². The van der Waals surface area contributed by atoms with E-state index in [0.717, 1.165) is 6.42 Å². The van der Waals surface area contributed by atoms with Crippen LogP contribution in [0.3, 0.4) is 0 Å². The van der Waals surface area contributed by atoms with Gasteiger partial charge in [-0.15, -0.1) is 0 Å². The standard InChI is InChI=1S/C16H21F2NO/c1-4-15(2,3)12-7-5-11(6-8-12)14(20)19-13-9-16(17,18)10-13/h5-8,13H,4,9-10H2,1-3H3,(H,19,20). The monoisotopic (exact) mass is 281 g/mol. The van der Waals surface area contributed by atoms with Crippen LogP contribution in [0.5, 0.6) is 0 Å². The Morgan fingerprint density at radius 2 is 1.85 bits per heavy atom. The molecular formula is C16H21F2NO. The van der Waals surface area contributed by atoms with Crippen molar-refractivity contribution in [2.75, 3.05) is 0 Å². The lowest BCUT2D eigenvalue weighted by molar-refractivity contribution is -0.0901. The van der Waals surface area contributed by atoms with Gasteiger partial charge in [0.1, 0.15) is 0 Å². The van der Waals surface area contributed by atoms with Crippen molar-refractivity contribution < 1.29 is 13.6 Å². The van der Waals surface area contributed by atoms with Gasteiger partial charge in [-0.3, -0.25) is 4.79 Å². The summed E-state index contributed by atoms with van der Waals surface area (Å²) in [6.07, 6.45) is 0.509. The summed E-state index contributed by atoms with van der Waals surface area (Å²) in [6.45, 7) is 6.43. The summed E-state index contributed by atoms with van der Waals surface area (Å²) in [5, 5.41) is 2.64. The van der Waals surface area contributed by atoms with E-state index < -0.39 is 12.0 Å². The zero-order valence-corrected chi connectivity index (χ0v) is 12.2. The fourth-order valence-corrected chi connectivity index (χ4v) is 2.31. The number of carbonyl (C=O) groups excluding carboxylic acids is 1. The lowest BCUT2D eigenvalue weighted by Gasteiger charge is -2.35. The summed E-state index contributed by atoms with van der Waals surface area (Å²) >= 11 is 0. The molecule has 0 unspecified atom stereocenters. The van der Waals surface area contributed by atoms with E-state index in [2.05, 4.69) is 26.1 Å². The van der Waals surface area contributed by atoms with Crippen LogP contribution in [0.15, 0.2) is 24.3 Å². The molecular weight excluding hydrogens is 260 g/mol. The minimum atomic E-state index is -2.60. The topological polar surface area (TPSA) is 29.1 Å². The van der Waals surface area contributed by atoms with E-state index in [9.17, 15) is 13.6 Å². The molecule has 1 aliphatic rings. The average molecular weight is 281 g/mol. The number of alkyl halides is 2. The van der Waals surface area contributed by atoms with Gasteiger partial charge in [0.2, 0.25) is 0 Å². The number of benzene rings is 1. The van der Waals surface area contributed by atoms with Crippen molar-refractivity contribution in [1.82, 2.24) is 5.32 Å². The van der Waals surface area contributed by atoms with Crippen molar-refractivity contribution in [2.45, 2.75) is 57.4 Å². The van der Waals surface area contributed by atoms with Gasteiger partial charge in [0.05, 0.1) is 0 Å². The van der Waals surface area contributed by atoms with Gasteiger partial charge in [-0.25, -0.2) is 8.78 Å². The van der Waals surface area contributed by atoms with E-state index >= 15 is 0 Å². The molecule has 20 heavy (non-hydrogen) atoms. The third kappa shape index (κ3) is 3.17. The number of nitrogens with one attached hydrogen (secondary N) is 1. The molecule has 110 valence electrons. The Balaban J connectivity index is 1.98. The molecule has 1 saturated carbocycles. The molecule has 1 amide bonds. The Morgan fingerprint density at radius 1 is 1.30 bits per heavy atom. The number of hydrogen-bond acceptors (Lipinski definition) is 1. The second kappa shape index (κ2) is 5.15. The lowest BCUT2D eigenvalue weighted by atomic mass is 9.82. The normalized spacial score (nSPS) is 18.4. The van der Waals surface area contributed by atoms with Crippen LogP contribution < -0.4 is 5.32 Å². The molecule has 0 saturated heterocycles. The zero-order chi connectivity index (χ0) is 15.0. The highest BCUT2D eigenvalue weighted by molar-refractivity contribution is 5.94. The first-order valence-electron chi connectivity index (χ1n) is 7.03. The first-order valence-corrected chi connectivity index (χ1v) is 7.03. The van der Waals surface area contributed by atoms with Gasteiger partial charge in [-0.05, 0) is 29.5 Å². The second-order valence-electron chi connectivity index (χ2n) is 6.25. The third-order valence-corrected chi connectivity index (χ3v) is 4.24. The number of halogens is 2. The molecule has 1 N–H and O–H groups in total. The summed E-state index contributed by atoms with van der Waals surface area (Å²) in [5.41, 5.74) is 1.77. The summed E-state index contributed by atoms with van der Waals surface area (Å²) < 4.78 is 25.4. The van der Waals surface area contributed by atoms with Crippen molar-refractivity contribution >= 4 is 5.91 Å². The first kappa shape index (κ1) is 14.9. The molecule has 0 bridgehead atoms. The van der Waals surface area contributed by atoms with Crippen molar-refractivity contribution in [3.05, 3.63) is 35.4 Å². The molecule has 4 heteroatoms. The van der Waals surface area contributed by atoms with Crippen molar-refractivity contribution in [3.63, 3.8) is 0 Å². The van der Waals surface area contributed by atoms with E-state index in [-0.39, 0.29) is 24.2 Å². The molecule has 2 nitrogen and oxygen atoms in total. The average Bonchev–Trinajstić information content (AvgIpc) is 2.36. The molecule has 0 spiro atoms. The summed E-state index contributed by atoms with van der Waals surface area (Å²) in [7, 11) is 0. The maximum Gasteiger partial charge on any atom is 0.252 e. The van der Waals surface area contributed by atoms with Crippen LogP contribution in [0.2, 0.25) is 0 Å². The highest BCUT2D eigenvalue weighted by atomic mass is 19.3. The maximum atomic E-state index is 12.7. The fraction of sp³-hybridized carbons (Fsp3) is 0.562. The lowest BCUT2D eigenvalue weighted by Crippen LogP contribution is -2.50. The largest absolute Gasteiger partial charge is 0.349 e. The van der Waals surface area contributed by atoms with E-state index in [1.165, 1.54) is 5.56 Å². The van der Waals surface area contributed by atoms with Gasteiger partial charge in [0.15, 0.2) is 0 Å². The van der Waals surface area contributed by atoms with Crippen LogP contribution in [-0.4, -0.2) is 17.9 Å². The fourth-order valence-electron chi connectivity index (χ4n) is 2.31. The second-order valence-corrected chi connectivity index (χ2v) is 6.25. The van der Waals surface area contributed by atoms with Crippen molar-refractivity contribution in [1.29, 1.82) is 0 Å². The van der Waals surface area contributed by atoms with Gasteiger partial charge in [-0.2, -0.15) is 0 Å². The first-order chi connectivity index (χ1) is 9.23. The van der Waals surface area contributed by atoms with Crippen LogP contribution in [0.1, 0.15) is 56.0 Å². The van der Waals surface area contributed by atoms with Crippen LogP contribution in [0, 0.1) is 0 Å². The predicted octanol–water partition coefficient (Wildman–Crippen LogP) is 3.90. The molecule has 0 atom stereocenters. The van der Waals surface area contributed by atoms with Gasteiger partial charge >= 0.3 is 0 Å². The SMILES string of the molecule is CCC(C)(C)c1ccc(C(=O)NC2CC(F)(F)C2)cc1. The van der Waals surface area contributed by atoms with Crippen LogP contribution in [0.4, 0.5) is 8.78 Å².